The molecule has 1 atom stereocenters. The van der Waals surface area contributed by atoms with E-state index in [-0.39, 0.29) is 10.6 Å². The first-order chi connectivity index (χ1) is 6.32. The zero-order valence-electron chi connectivity index (χ0n) is 6.78. The van der Waals surface area contributed by atoms with Crippen LogP contribution in [0.3, 0.4) is 0 Å². The van der Waals surface area contributed by atoms with Gasteiger partial charge in [-0.2, -0.15) is 13.2 Å². The van der Waals surface area contributed by atoms with Gasteiger partial charge in [0.15, 0.2) is 0 Å². The first-order valence-electron chi connectivity index (χ1n) is 3.59. The molecule has 1 nitrogen and oxygen atoms in total. The largest absolute Gasteiger partial charge is 0.407 e. The fourth-order valence-corrected chi connectivity index (χ4v) is 1.72. The van der Waals surface area contributed by atoms with Gasteiger partial charge in [0.2, 0.25) is 0 Å². The molecule has 0 fully saturated rings. The Hall–Kier alpha value is -0.260. The molecule has 0 aliphatic rings. The summed E-state index contributed by atoms with van der Waals surface area (Å²) in [4.78, 5) is 0. The van der Waals surface area contributed by atoms with Crippen molar-refractivity contribution in [3.8, 4) is 0 Å². The Morgan fingerprint density at radius 1 is 1.36 bits per heavy atom. The SMILES string of the molecule is N[C@H](c1ccc(Br)cc1Cl)C(F)(F)F. The maximum atomic E-state index is 12.2. The molecule has 1 aromatic rings. The van der Waals surface area contributed by atoms with Gasteiger partial charge in [-0.15, -0.1) is 0 Å². The van der Waals surface area contributed by atoms with Crippen LogP contribution in [0.1, 0.15) is 11.6 Å². The van der Waals surface area contributed by atoms with Crippen LogP contribution in [-0.4, -0.2) is 6.18 Å². The van der Waals surface area contributed by atoms with Gasteiger partial charge in [-0.05, 0) is 17.7 Å². The highest BCUT2D eigenvalue weighted by atomic mass is 79.9. The summed E-state index contributed by atoms with van der Waals surface area (Å²) in [5.74, 6) is 0. The number of hydrogen-bond donors (Lipinski definition) is 1. The summed E-state index contributed by atoms with van der Waals surface area (Å²) >= 11 is 8.71. The minimum Gasteiger partial charge on any atom is -0.316 e. The molecular weight excluding hydrogens is 282 g/mol. The van der Waals surface area contributed by atoms with Crippen molar-refractivity contribution >= 4 is 27.5 Å². The van der Waals surface area contributed by atoms with Crippen molar-refractivity contribution in [2.75, 3.05) is 0 Å². The fourth-order valence-electron chi connectivity index (χ4n) is 0.930. The van der Waals surface area contributed by atoms with Gasteiger partial charge in [-0.3, -0.25) is 0 Å². The van der Waals surface area contributed by atoms with E-state index in [0.717, 1.165) is 0 Å². The van der Waals surface area contributed by atoms with Crippen LogP contribution in [0, 0.1) is 0 Å². The van der Waals surface area contributed by atoms with Crippen molar-refractivity contribution in [1.29, 1.82) is 0 Å². The van der Waals surface area contributed by atoms with Crippen molar-refractivity contribution in [2.24, 2.45) is 5.73 Å². The smallest absolute Gasteiger partial charge is 0.316 e. The number of halogens is 5. The summed E-state index contributed by atoms with van der Waals surface area (Å²) in [7, 11) is 0. The van der Waals surface area contributed by atoms with Crippen molar-refractivity contribution < 1.29 is 13.2 Å². The Bertz CT molecular complexity index is 340. The number of nitrogens with two attached hydrogens (primary N) is 1. The second-order valence-corrected chi connectivity index (χ2v) is 4.01. The molecule has 0 radical (unpaired) electrons. The van der Waals surface area contributed by atoms with Crippen molar-refractivity contribution in [3.63, 3.8) is 0 Å². The Morgan fingerprint density at radius 3 is 2.36 bits per heavy atom. The van der Waals surface area contributed by atoms with Crippen LogP contribution in [0.25, 0.3) is 0 Å². The topological polar surface area (TPSA) is 26.0 Å². The van der Waals surface area contributed by atoms with E-state index in [4.69, 9.17) is 17.3 Å². The molecule has 0 aromatic heterocycles. The Kier molecular flexibility index (Phi) is 3.44. The Labute approximate surface area is 92.2 Å². The predicted octanol–water partition coefficient (Wildman–Crippen LogP) is 3.66. The molecule has 0 aliphatic carbocycles. The van der Waals surface area contributed by atoms with E-state index in [9.17, 15) is 13.2 Å². The van der Waals surface area contributed by atoms with Gasteiger partial charge in [-0.1, -0.05) is 33.6 Å². The van der Waals surface area contributed by atoms with E-state index >= 15 is 0 Å². The van der Waals surface area contributed by atoms with Gasteiger partial charge in [0.25, 0.3) is 0 Å². The molecule has 0 heterocycles. The van der Waals surface area contributed by atoms with Crippen LogP contribution < -0.4 is 5.73 Å². The molecule has 1 rings (SSSR count). The standard InChI is InChI=1S/C8H6BrClF3N/c9-4-1-2-5(6(10)3-4)7(14)8(11,12)13/h1-3,7H,14H2/t7-/m1/s1. The molecule has 0 saturated carbocycles. The van der Waals surface area contributed by atoms with Gasteiger partial charge in [-0.25, -0.2) is 0 Å². The molecular formula is C8H6BrClF3N. The lowest BCUT2D eigenvalue weighted by Crippen LogP contribution is -2.28. The molecule has 6 heteroatoms. The van der Waals surface area contributed by atoms with E-state index in [1.807, 2.05) is 0 Å². The quantitative estimate of drug-likeness (QED) is 0.838. The molecule has 0 saturated heterocycles. The third kappa shape index (κ3) is 2.62. The van der Waals surface area contributed by atoms with Crippen LogP contribution in [0.4, 0.5) is 13.2 Å². The maximum Gasteiger partial charge on any atom is 0.407 e. The zero-order chi connectivity index (χ0) is 10.9. The monoisotopic (exact) mass is 287 g/mol. The normalized spacial score (nSPS) is 14.1. The van der Waals surface area contributed by atoms with Crippen LogP contribution in [0.5, 0.6) is 0 Å². The second-order valence-electron chi connectivity index (χ2n) is 2.69. The summed E-state index contributed by atoms with van der Waals surface area (Å²) in [5, 5.41) is 0.00389. The minimum absolute atomic E-state index is 0.00389. The molecule has 0 spiro atoms. The van der Waals surface area contributed by atoms with Gasteiger partial charge < -0.3 is 5.73 Å². The second kappa shape index (κ2) is 4.08. The number of hydrogen-bond acceptors (Lipinski definition) is 1. The number of alkyl halides is 3. The lowest BCUT2D eigenvalue weighted by atomic mass is 10.1. The fraction of sp³-hybridized carbons (Fsp3) is 0.250. The molecule has 1 aromatic carbocycles. The van der Waals surface area contributed by atoms with E-state index in [1.165, 1.54) is 18.2 Å². The van der Waals surface area contributed by atoms with Crippen molar-refractivity contribution in [3.05, 3.63) is 33.3 Å². The Balaban J connectivity index is 3.08. The third-order valence-electron chi connectivity index (χ3n) is 1.65. The third-order valence-corrected chi connectivity index (χ3v) is 2.47. The molecule has 78 valence electrons. The predicted molar refractivity (Wildman–Crippen MR) is 52.1 cm³/mol. The van der Waals surface area contributed by atoms with Crippen LogP contribution >= 0.6 is 27.5 Å². The van der Waals surface area contributed by atoms with E-state index in [2.05, 4.69) is 15.9 Å². The summed E-state index contributed by atoms with van der Waals surface area (Å²) in [5.41, 5.74) is 4.88. The highest BCUT2D eigenvalue weighted by Gasteiger charge is 2.38. The highest BCUT2D eigenvalue weighted by molar-refractivity contribution is 9.10. The van der Waals surface area contributed by atoms with Crippen LogP contribution in [0.2, 0.25) is 5.02 Å². The highest BCUT2D eigenvalue weighted by Crippen LogP contribution is 2.35. The molecule has 0 aliphatic heterocycles. The van der Waals surface area contributed by atoms with Gasteiger partial charge in [0, 0.05) is 9.50 Å². The zero-order valence-corrected chi connectivity index (χ0v) is 9.12. The molecule has 14 heavy (non-hydrogen) atoms. The first-order valence-corrected chi connectivity index (χ1v) is 4.76. The van der Waals surface area contributed by atoms with E-state index < -0.39 is 12.2 Å². The van der Waals surface area contributed by atoms with Gasteiger partial charge in [0.1, 0.15) is 6.04 Å². The lowest BCUT2D eigenvalue weighted by molar-refractivity contribution is -0.149. The number of rotatable bonds is 1. The first kappa shape index (κ1) is 11.8. The molecule has 0 unspecified atom stereocenters. The lowest BCUT2D eigenvalue weighted by Gasteiger charge is -2.17. The van der Waals surface area contributed by atoms with E-state index in [0.29, 0.717) is 4.47 Å². The Morgan fingerprint density at radius 2 is 1.93 bits per heavy atom. The number of benzene rings is 1. The van der Waals surface area contributed by atoms with Crippen molar-refractivity contribution in [2.45, 2.75) is 12.2 Å². The van der Waals surface area contributed by atoms with Crippen LogP contribution in [0.15, 0.2) is 22.7 Å². The van der Waals surface area contributed by atoms with Crippen LogP contribution in [-0.2, 0) is 0 Å². The van der Waals surface area contributed by atoms with Crippen molar-refractivity contribution in [1.82, 2.24) is 0 Å². The molecule has 0 bridgehead atoms. The molecule has 2 N–H and O–H groups in total. The van der Waals surface area contributed by atoms with Gasteiger partial charge in [0.05, 0.1) is 0 Å². The summed E-state index contributed by atoms with van der Waals surface area (Å²) in [6, 6.07) is 2.06. The average molecular weight is 288 g/mol. The van der Waals surface area contributed by atoms with E-state index in [1.54, 1.807) is 0 Å². The summed E-state index contributed by atoms with van der Waals surface area (Å²) in [6.45, 7) is 0. The van der Waals surface area contributed by atoms with Gasteiger partial charge >= 0.3 is 6.18 Å². The average Bonchev–Trinajstić information content (AvgIpc) is 2.01. The molecule has 0 amide bonds. The minimum atomic E-state index is -4.47. The summed E-state index contributed by atoms with van der Waals surface area (Å²) < 4.78 is 37.3. The maximum absolute atomic E-state index is 12.2. The summed E-state index contributed by atoms with van der Waals surface area (Å²) in [6.07, 6.45) is -4.47.